The number of fused-ring (bicyclic) bond motifs is 1. The Morgan fingerprint density at radius 1 is 1.23 bits per heavy atom. The Kier molecular flexibility index (Phi) is 8.30. The number of aliphatic carboxylic acids is 1. The number of rotatable bonds is 9. The molecule has 198 valence electrons. The molecule has 1 aliphatic heterocycles. The monoisotopic (exact) mass is 537 g/mol. The number of anilines is 1. The first-order valence-corrected chi connectivity index (χ1v) is 14.5. The maximum absolute atomic E-state index is 15.6. The van der Waals surface area contributed by atoms with Gasteiger partial charge in [-0.15, -0.1) is 11.8 Å². The Hall–Kier alpha value is -1.62. The number of hydrogen-bond acceptors (Lipinski definition) is 6. The highest BCUT2D eigenvalue weighted by molar-refractivity contribution is 7.98. The van der Waals surface area contributed by atoms with Crippen LogP contribution >= 0.6 is 11.8 Å². The molecule has 1 saturated carbocycles. The van der Waals surface area contributed by atoms with E-state index in [1.807, 2.05) is 4.90 Å². The number of carbonyl (C=O) groups is 1. The zero-order chi connectivity index (χ0) is 26.2. The average Bonchev–Trinajstić information content (AvgIpc) is 3.28. The van der Waals surface area contributed by atoms with Crippen LogP contribution in [0.4, 0.5) is 18.9 Å². The van der Waals surface area contributed by atoms with E-state index >= 15 is 4.39 Å². The smallest absolute Gasteiger partial charge is 0.312 e. The van der Waals surface area contributed by atoms with Crippen LogP contribution in [-0.2, 0) is 14.6 Å². The van der Waals surface area contributed by atoms with E-state index in [2.05, 4.69) is 0 Å². The van der Waals surface area contributed by atoms with E-state index in [0.717, 1.165) is 32.6 Å². The van der Waals surface area contributed by atoms with Crippen molar-refractivity contribution < 1.29 is 36.2 Å². The highest BCUT2D eigenvalue weighted by Crippen LogP contribution is 2.45. The first-order valence-electron chi connectivity index (χ1n) is 11.8. The second-order valence-electron chi connectivity index (χ2n) is 10.3. The van der Waals surface area contributed by atoms with Crippen molar-refractivity contribution in [3.63, 3.8) is 0 Å². The molecule has 2 atom stereocenters. The van der Waals surface area contributed by atoms with E-state index < -0.39 is 45.0 Å². The first kappa shape index (κ1) is 28.0. The molecule has 1 heterocycles. The maximum Gasteiger partial charge on any atom is 0.312 e. The van der Waals surface area contributed by atoms with Crippen LogP contribution in [0.2, 0.25) is 0 Å². The maximum atomic E-state index is 15.6. The molecule has 1 aromatic carbocycles. The number of alkyl halides is 3. The number of halogens is 3. The first-order chi connectivity index (χ1) is 16.2. The summed E-state index contributed by atoms with van der Waals surface area (Å²) in [5, 5.41) is 9.39. The van der Waals surface area contributed by atoms with Crippen LogP contribution in [0.3, 0.4) is 0 Å². The molecular formula is C24H34F3NO5S2. The third-order valence-corrected chi connectivity index (χ3v) is 9.52. The van der Waals surface area contributed by atoms with Crippen LogP contribution in [0.15, 0.2) is 21.9 Å². The van der Waals surface area contributed by atoms with Gasteiger partial charge in [-0.25, -0.2) is 21.6 Å². The molecule has 0 saturated heterocycles. The molecule has 3 rings (SSSR count). The van der Waals surface area contributed by atoms with Crippen LogP contribution in [0.1, 0.15) is 59.3 Å². The molecule has 1 fully saturated rings. The van der Waals surface area contributed by atoms with Crippen molar-refractivity contribution in [1.29, 1.82) is 0 Å². The van der Waals surface area contributed by atoms with Crippen LogP contribution in [-0.4, -0.2) is 56.4 Å². The van der Waals surface area contributed by atoms with Gasteiger partial charge in [-0.05, 0) is 52.4 Å². The summed E-state index contributed by atoms with van der Waals surface area (Å²) < 4.78 is 75.4. The van der Waals surface area contributed by atoms with Gasteiger partial charge in [0.25, 0.3) is 0 Å². The standard InChI is InChI=1S/C24H34F3NO5S2/c1-23(2,22(29)30)14-33-18-12-20-17(11-19(18)34-4)28(16-7-5-6-8-16)13-15(9-10-24(3,26)27)21(25)35(20,31)32/h11-12,15-16,21H,5-10,13-14H2,1-4H3,(H,29,30)/t15-,21+/m1/s1. The fourth-order valence-electron chi connectivity index (χ4n) is 4.61. The number of thioether (sulfide) groups is 1. The third-order valence-electron chi connectivity index (χ3n) is 6.85. The quantitative estimate of drug-likeness (QED) is 0.400. The molecule has 11 heteroatoms. The molecule has 6 nitrogen and oxygen atoms in total. The van der Waals surface area contributed by atoms with Crippen molar-refractivity contribution in [2.45, 2.75) is 86.6 Å². The van der Waals surface area contributed by atoms with Gasteiger partial charge in [-0.2, -0.15) is 0 Å². The van der Waals surface area contributed by atoms with Gasteiger partial charge in [0.15, 0.2) is 0 Å². The topological polar surface area (TPSA) is 83.9 Å². The Morgan fingerprint density at radius 2 is 1.86 bits per heavy atom. The Morgan fingerprint density at radius 3 is 2.40 bits per heavy atom. The summed E-state index contributed by atoms with van der Waals surface area (Å²) in [6, 6.07) is 2.92. The van der Waals surface area contributed by atoms with Gasteiger partial charge in [-0.3, -0.25) is 4.79 Å². The number of ether oxygens (including phenoxy) is 1. The summed E-state index contributed by atoms with van der Waals surface area (Å²) in [5.74, 6) is -5.04. The molecule has 0 spiro atoms. The van der Waals surface area contributed by atoms with Gasteiger partial charge in [-0.1, -0.05) is 12.8 Å². The number of benzene rings is 1. The fraction of sp³-hybridized carbons (Fsp3) is 0.708. The molecular weight excluding hydrogens is 503 g/mol. The molecule has 2 aliphatic rings. The zero-order valence-electron chi connectivity index (χ0n) is 20.5. The van der Waals surface area contributed by atoms with Crippen molar-refractivity contribution in [1.82, 2.24) is 0 Å². The van der Waals surface area contributed by atoms with Gasteiger partial charge in [0.1, 0.15) is 12.4 Å². The van der Waals surface area contributed by atoms with Crippen molar-refractivity contribution in [3.8, 4) is 5.75 Å². The zero-order valence-corrected chi connectivity index (χ0v) is 22.2. The molecule has 0 unspecified atom stereocenters. The molecule has 0 bridgehead atoms. The highest BCUT2D eigenvalue weighted by atomic mass is 32.2. The summed E-state index contributed by atoms with van der Waals surface area (Å²) in [7, 11) is -4.51. The summed E-state index contributed by atoms with van der Waals surface area (Å²) in [6.07, 6.45) is 4.47. The minimum Gasteiger partial charge on any atom is -0.491 e. The number of carboxylic acid groups (broad SMARTS) is 1. The van der Waals surface area contributed by atoms with Crippen molar-refractivity contribution in [2.75, 3.05) is 24.3 Å². The van der Waals surface area contributed by atoms with E-state index in [1.165, 1.54) is 31.7 Å². The Labute approximate surface area is 209 Å². The van der Waals surface area contributed by atoms with Crippen LogP contribution in [0.25, 0.3) is 0 Å². The summed E-state index contributed by atoms with van der Waals surface area (Å²) in [5.41, 5.74) is -3.20. The number of carboxylic acids is 1. The lowest BCUT2D eigenvalue weighted by atomic mass is 9.95. The van der Waals surface area contributed by atoms with Gasteiger partial charge in [0.05, 0.1) is 20.9 Å². The summed E-state index contributed by atoms with van der Waals surface area (Å²) in [6.45, 7) is 3.55. The molecule has 0 aromatic heterocycles. The van der Waals surface area contributed by atoms with E-state index in [-0.39, 0.29) is 36.3 Å². The second-order valence-corrected chi connectivity index (χ2v) is 13.1. The van der Waals surface area contributed by atoms with Crippen LogP contribution in [0, 0.1) is 11.3 Å². The minimum atomic E-state index is -4.51. The minimum absolute atomic E-state index is 0.00805. The van der Waals surface area contributed by atoms with E-state index in [1.54, 1.807) is 12.3 Å². The predicted molar refractivity (Wildman–Crippen MR) is 130 cm³/mol. The molecule has 0 radical (unpaired) electrons. The molecule has 1 aliphatic carbocycles. The number of hydrogen-bond donors (Lipinski definition) is 1. The van der Waals surface area contributed by atoms with Gasteiger partial charge < -0.3 is 14.7 Å². The highest BCUT2D eigenvalue weighted by Gasteiger charge is 2.44. The van der Waals surface area contributed by atoms with Crippen LogP contribution in [0.5, 0.6) is 5.75 Å². The Balaban J connectivity index is 2.09. The van der Waals surface area contributed by atoms with Gasteiger partial charge in [0.2, 0.25) is 21.3 Å². The molecule has 1 N–H and O–H groups in total. The number of nitrogens with zero attached hydrogens (tertiary/aromatic N) is 1. The summed E-state index contributed by atoms with van der Waals surface area (Å²) >= 11 is 1.31. The van der Waals surface area contributed by atoms with E-state index in [0.29, 0.717) is 10.6 Å². The van der Waals surface area contributed by atoms with Crippen molar-refractivity contribution in [3.05, 3.63) is 12.1 Å². The van der Waals surface area contributed by atoms with E-state index in [4.69, 9.17) is 4.74 Å². The fourth-order valence-corrected chi connectivity index (χ4v) is 6.87. The molecule has 1 aromatic rings. The second kappa shape index (κ2) is 10.4. The Bertz CT molecular complexity index is 1040. The average molecular weight is 538 g/mol. The van der Waals surface area contributed by atoms with Crippen LogP contribution < -0.4 is 9.64 Å². The largest absolute Gasteiger partial charge is 0.491 e. The predicted octanol–water partition coefficient (Wildman–Crippen LogP) is 5.78. The molecule has 35 heavy (non-hydrogen) atoms. The lowest BCUT2D eigenvalue weighted by Crippen LogP contribution is -2.39. The van der Waals surface area contributed by atoms with Gasteiger partial charge >= 0.3 is 5.97 Å². The van der Waals surface area contributed by atoms with Crippen molar-refractivity contribution >= 4 is 33.3 Å². The third kappa shape index (κ3) is 6.21. The number of sulfone groups is 1. The van der Waals surface area contributed by atoms with Gasteiger partial charge in [0, 0.05) is 31.0 Å². The SMILES string of the molecule is CSc1cc2c(cc1OCC(C)(C)C(=O)O)S(=O)(=O)[C@H](F)[C@H](CCC(C)(F)F)CN2C1CCCC1. The molecule has 0 amide bonds. The summed E-state index contributed by atoms with van der Waals surface area (Å²) in [4.78, 5) is 13.7. The lowest BCUT2D eigenvalue weighted by molar-refractivity contribution is -0.148. The van der Waals surface area contributed by atoms with E-state index in [9.17, 15) is 27.1 Å². The van der Waals surface area contributed by atoms with Crippen molar-refractivity contribution in [2.24, 2.45) is 11.3 Å². The normalized spacial score (nSPS) is 23.1. The lowest BCUT2D eigenvalue weighted by Gasteiger charge is -2.34.